The van der Waals surface area contributed by atoms with Crippen molar-refractivity contribution in [1.29, 1.82) is 0 Å². The van der Waals surface area contributed by atoms with Gasteiger partial charge in [-0.1, -0.05) is 12.1 Å². The van der Waals surface area contributed by atoms with Crippen molar-refractivity contribution in [2.24, 2.45) is 0 Å². The standard InChI is InChI=1S/C19H21N3O4/c1-25-19(24)15-6-2-3-7-16(15)22-18(23)13-8-9-20-17(11-13)21-12-14-5-4-10-26-14/h2-3,6-9,11,14H,4-5,10,12H2,1H3,(H,20,21)(H,22,23). The molecule has 1 atom stereocenters. The Morgan fingerprint density at radius 3 is 2.92 bits per heavy atom. The van der Waals surface area contributed by atoms with E-state index in [-0.39, 0.29) is 12.0 Å². The fraction of sp³-hybridized carbons (Fsp3) is 0.316. The molecular formula is C19H21N3O4. The molecule has 0 bridgehead atoms. The van der Waals surface area contributed by atoms with Gasteiger partial charge in [-0.2, -0.15) is 0 Å². The minimum absolute atomic E-state index is 0.182. The molecule has 1 amide bonds. The van der Waals surface area contributed by atoms with Crippen molar-refractivity contribution in [2.75, 3.05) is 30.9 Å². The first kappa shape index (κ1) is 17.9. The van der Waals surface area contributed by atoms with Crippen molar-refractivity contribution in [3.8, 4) is 0 Å². The molecule has 1 aliphatic heterocycles. The van der Waals surface area contributed by atoms with Gasteiger partial charge in [-0.15, -0.1) is 0 Å². The van der Waals surface area contributed by atoms with E-state index in [0.717, 1.165) is 19.4 Å². The normalized spacial score (nSPS) is 16.1. The van der Waals surface area contributed by atoms with E-state index in [0.29, 0.717) is 29.2 Å². The molecule has 7 nitrogen and oxygen atoms in total. The summed E-state index contributed by atoms with van der Waals surface area (Å²) in [4.78, 5) is 28.6. The van der Waals surface area contributed by atoms with Crippen LogP contribution in [0.4, 0.5) is 11.5 Å². The number of methoxy groups -OCH3 is 1. The zero-order valence-electron chi connectivity index (χ0n) is 14.5. The second-order valence-corrected chi connectivity index (χ2v) is 5.94. The molecule has 2 N–H and O–H groups in total. The zero-order valence-corrected chi connectivity index (χ0v) is 14.5. The number of amides is 1. The fourth-order valence-corrected chi connectivity index (χ4v) is 2.77. The summed E-state index contributed by atoms with van der Waals surface area (Å²) in [6, 6.07) is 9.99. The molecule has 1 fully saturated rings. The molecule has 1 aromatic carbocycles. The van der Waals surface area contributed by atoms with Gasteiger partial charge in [-0.25, -0.2) is 9.78 Å². The van der Waals surface area contributed by atoms with Gasteiger partial charge in [-0.3, -0.25) is 4.79 Å². The molecule has 2 aromatic rings. The van der Waals surface area contributed by atoms with E-state index in [1.807, 2.05) is 0 Å². The molecule has 0 saturated carbocycles. The van der Waals surface area contributed by atoms with Crippen LogP contribution in [0.25, 0.3) is 0 Å². The summed E-state index contributed by atoms with van der Waals surface area (Å²) in [5, 5.41) is 5.94. The summed E-state index contributed by atoms with van der Waals surface area (Å²) < 4.78 is 10.3. The monoisotopic (exact) mass is 355 g/mol. The number of nitrogens with zero attached hydrogens (tertiary/aromatic N) is 1. The Kier molecular flexibility index (Phi) is 5.80. The van der Waals surface area contributed by atoms with Crippen molar-refractivity contribution in [2.45, 2.75) is 18.9 Å². The number of carbonyl (C=O) groups excluding carboxylic acids is 2. The molecule has 26 heavy (non-hydrogen) atoms. The first-order valence-corrected chi connectivity index (χ1v) is 8.47. The molecule has 0 aliphatic carbocycles. The summed E-state index contributed by atoms with van der Waals surface area (Å²) in [6.45, 7) is 1.45. The van der Waals surface area contributed by atoms with Gasteiger partial charge < -0.3 is 20.1 Å². The lowest BCUT2D eigenvalue weighted by Gasteiger charge is -2.12. The number of nitrogens with one attached hydrogen (secondary N) is 2. The van der Waals surface area contributed by atoms with Crippen LogP contribution in [-0.2, 0) is 9.47 Å². The van der Waals surface area contributed by atoms with Crippen molar-refractivity contribution in [3.05, 3.63) is 53.7 Å². The molecule has 1 aromatic heterocycles. The number of para-hydroxylation sites is 1. The number of ether oxygens (including phenoxy) is 2. The first-order valence-electron chi connectivity index (χ1n) is 8.47. The highest BCUT2D eigenvalue weighted by atomic mass is 16.5. The van der Waals surface area contributed by atoms with Crippen LogP contribution in [0.15, 0.2) is 42.6 Å². The third-order valence-corrected chi connectivity index (χ3v) is 4.14. The van der Waals surface area contributed by atoms with Gasteiger partial charge in [-0.05, 0) is 37.1 Å². The van der Waals surface area contributed by atoms with Crippen molar-refractivity contribution < 1.29 is 19.1 Å². The zero-order chi connectivity index (χ0) is 18.4. The van der Waals surface area contributed by atoms with Crippen LogP contribution in [0.2, 0.25) is 0 Å². The lowest BCUT2D eigenvalue weighted by molar-refractivity contribution is 0.0602. The quantitative estimate of drug-likeness (QED) is 0.775. The van der Waals surface area contributed by atoms with E-state index in [9.17, 15) is 9.59 Å². The second-order valence-electron chi connectivity index (χ2n) is 5.94. The Balaban J connectivity index is 1.68. The van der Waals surface area contributed by atoms with Crippen molar-refractivity contribution >= 4 is 23.4 Å². The molecule has 1 unspecified atom stereocenters. The molecule has 1 aliphatic rings. The predicted octanol–water partition coefficient (Wildman–Crippen LogP) is 2.71. The average molecular weight is 355 g/mol. The Morgan fingerprint density at radius 1 is 1.31 bits per heavy atom. The second kappa shape index (κ2) is 8.44. The minimum Gasteiger partial charge on any atom is -0.465 e. The molecule has 1 saturated heterocycles. The summed E-state index contributed by atoms with van der Waals surface area (Å²) in [5.74, 6) is -0.229. The van der Waals surface area contributed by atoms with E-state index in [2.05, 4.69) is 15.6 Å². The van der Waals surface area contributed by atoms with Gasteiger partial charge in [0, 0.05) is 24.9 Å². The van der Waals surface area contributed by atoms with Gasteiger partial charge in [0.15, 0.2) is 0 Å². The maximum absolute atomic E-state index is 12.5. The minimum atomic E-state index is -0.505. The summed E-state index contributed by atoms with van der Waals surface area (Å²) in [5.41, 5.74) is 1.14. The Bertz CT molecular complexity index is 788. The van der Waals surface area contributed by atoms with Crippen LogP contribution < -0.4 is 10.6 Å². The number of anilines is 2. The van der Waals surface area contributed by atoms with Crippen LogP contribution in [0.3, 0.4) is 0 Å². The van der Waals surface area contributed by atoms with E-state index >= 15 is 0 Å². The number of hydrogen-bond donors (Lipinski definition) is 2. The highest BCUT2D eigenvalue weighted by Gasteiger charge is 2.16. The Hall–Kier alpha value is -2.93. The van der Waals surface area contributed by atoms with E-state index < -0.39 is 5.97 Å². The van der Waals surface area contributed by atoms with Gasteiger partial charge in [0.2, 0.25) is 0 Å². The fourth-order valence-electron chi connectivity index (χ4n) is 2.77. The number of rotatable bonds is 6. The largest absolute Gasteiger partial charge is 0.465 e. The summed E-state index contributed by atoms with van der Waals surface area (Å²) >= 11 is 0. The maximum Gasteiger partial charge on any atom is 0.339 e. The lowest BCUT2D eigenvalue weighted by Crippen LogP contribution is -2.19. The third kappa shape index (κ3) is 4.37. The van der Waals surface area contributed by atoms with E-state index in [1.54, 1.807) is 42.6 Å². The molecular weight excluding hydrogens is 334 g/mol. The average Bonchev–Trinajstić information content (AvgIpc) is 3.20. The Labute approximate surface area is 151 Å². The highest BCUT2D eigenvalue weighted by molar-refractivity contribution is 6.08. The maximum atomic E-state index is 12.5. The lowest BCUT2D eigenvalue weighted by atomic mass is 10.1. The molecule has 7 heteroatoms. The van der Waals surface area contributed by atoms with Crippen LogP contribution in [0, 0.1) is 0 Å². The van der Waals surface area contributed by atoms with Crippen LogP contribution in [0.1, 0.15) is 33.6 Å². The van der Waals surface area contributed by atoms with Gasteiger partial charge in [0.05, 0.1) is 24.5 Å². The smallest absolute Gasteiger partial charge is 0.339 e. The van der Waals surface area contributed by atoms with Gasteiger partial charge in [0.1, 0.15) is 5.82 Å². The molecule has 2 heterocycles. The predicted molar refractivity (Wildman–Crippen MR) is 97.4 cm³/mol. The van der Waals surface area contributed by atoms with Gasteiger partial charge >= 0.3 is 5.97 Å². The van der Waals surface area contributed by atoms with Crippen LogP contribution in [-0.4, -0.2) is 43.2 Å². The van der Waals surface area contributed by atoms with Crippen LogP contribution in [0.5, 0.6) is 0 Å². The number of aromatic nitrogens is 1. The topological polar surface area (TPSA) is 89.5 Å². The third-order valence-electron chi connectivity index (χ3n) is 4.14. The molecule has 3 rings (SSSR count). The van der Waals surface area contributed by atoms with E-state index in [4.69, 9.17) is 9.47 Å². The summed E-state index contributed by atoms with van der Waals surface area (Å²) in [6.07, 6.45) is 3.85. The first-order chi connectivity index (χ1) is 12.7. The molecule has 136 valence electrons. The summed E-state index contributed by atoms with van der Waals surface area (Å²) in [7, 11) is 1.30. The number of pyridine rings is 1. The van der Waals surface area contributed by atoms with E-state index in [1.165, 1.54) is 7.11 Å². The van der Waals surface area contributed by atoms with Crippen molar-refractivity contribution in [1.82, 2.24) is 4.98 Å². The number of hydrogen-bond acceptors (Lipinski definition) is 6. The van der Waals surface area contributed by atoms with Gasteiger partial charge in [0.25, 0.3) is 5.91 Å². The Morgan fingerprint density at radius 2 is 2.15 bits per heavy atom. The SMILES string of the molecule is COC(=O)c1ccccc1NC(=O)c1ccnc(NCC2CCCO2)c1. The molecule has 0 spiro atoms. The number of carbonyl (C=O) groups is 2. The number of esters is 1. The van der Waals surface area contributed by atoms with Crippen LogP contribution >= 0.6 is 0 Å². The van der Waals surface area contributed by atoms with Crippen molar-refractivity contribution in [3.63, 3.8) is 0 Å². The molecule has 0 radical (unpaired) electrons. The highest BCUT2D eigenvalue weighted by Crippen LogP contribution is 2.18. The number of benzene rings is 1.